The number of carbonyl (C=O) groups is 1. The second kappa shape index (κ2) is 5.27. The summed E-state index contributed by atoms with van der Waals surface area (Å²) in [5.74, 6) is -1.39. The van der Waals surface area contributed by atoms with E-state index in [2.05, 4.69) is 10.1 Å². The molecule has 0 saturated carbocycles. The third-order valence-corrected chi connectivity index (χ3v) is 3.46. The molecule has 0 spiro atoms. The predicted molar refractivity (Wildman–Crippen MR) is 76.9 cm³/mol. The molecule has 2 aromatic heterocycles. The summed E-state index contributed by atoms with van der Waals surface area (Å²) in [6.45, 7) is 0. The van der Waals surface area contributed by atoms with Crippen molar-refractivity contribution in [1.82, 2.24) is 14.6 Å². The molecule has 0 bridgehead atoms. The quantitative estimate of drug-likeness (QED) is 0.751. The highest BCUT2D eigenvalue weighted by atomic mass is 35.5. The minimum absolute atomic E-state index is 0.0234. The maximum absolute atomic E-state index is 14.4. The van der Waals surface area contributed by atoms with Gasteiger partial charge in [-0.3, -0.25) is 0 Å². The Morgan fingerprint density at radius 3 is 2.64 bits per heavy atom. The Hall–Kier alpha value is -2.67. The molecular formula is C14H9ClFN3O3. The Kier molecular flexibility index (Phi) is 3.42. The molecule has 0 aliphatic rings. The molecule has 6 nitrogen and oxygen atoms in total. The van der Waals surface area contributed by atoms with Gasteiger partial charge < -0.3 is 9.84 Å². The fourth-order valence-electron chi connectivity index (χ4n) is 2.03. The average molecular weight is 322 g/mol. The van der Waals surface area contributed by atoms with Crippen molar-refractivity contribution in [1.29, 1.82) is 0 Å². The Bertz CT molecular complexity index is 877. The monoisotopic (exact) mass is 321 g/mol. The molecule has 3 rings (SSSR count). The number of nitrogens with zero attached hydrogens (tertiary/aromatic N) is 3. The molecule has 2 heterocycles. The first-order valence-electron chi connectivity index (χ1n) is 6.13. The van der Waals surface area contributed by atoms with Gasteiger partial charge in [0.25, 0.3) is 0 Å². The van der Waals surface area contributed by atoms with E-state index in [9.17, 15) is 9.18 Å². The van der Waals surface area contributed by atoms with Crippen molar-refractivity contribution in [3.63, 3.8) is 0 Å². The average Bonchev–Trinajstić information content (AvgIpc) is 2.95. The van der Waals surface area contributed by atoms with Crippen molar-refractivity contribution in [3.8, 4) is 17.0 Å². The van der Waals surface area contributed by atoms with Crippen LogP contribution in [0.25, 0.3) is 16.9 Å². The Morgan fingerprint density at radius 1 is 1.36 bits per heavy atom. The number of aromatic nitrogens is 3. The van der Waals surface area contributed by atoms with Gasteiger partial charge in [0.15, 0.2) is 16.6 Å². The van der Waals surface area contributed by atoms with E-state index in [0.717, 1.165) is 10.7 Å². The Labute approximate surface area is 128 Å². The van der Waals surface area contributed by atoms with Crippen LogP contribution in [-0.2, 0) is 0 Å². The fraction of sp³-hybridized carbons (Fsp3) is 0.0714. The van der Waals surface area contributed by atoms with Crippen LogP contribution in [0, 0.1) is 5.82 Å². The third-order valence-electron chi connectivity index (χ3n) is 3.13. The highest BCUT2D eigenvalue weighted by Gasteiger charge is 2.21. The molecule has 1 aromatic carbocycles. The van der Waals surface area contributed by atoms with Gasteiger partial charge in [-0.2, -0.15) is 9.61 Å². The van der Waals surface area contributed by atoms with Crippen molar-refractivity contribution in [3.05, 3.63) is 47.0 Å². The van der Waals surface area contributed by atoms with Gasteiger partial charge in [-0.1, -0.05) is 11.6 Å². The van der Waals surface area contributed by atoms with E-state index in [0.29, 0.717) is 11.3 Å². The fourth-order valence-corrected chi connectivity index (χ4v) is 2.24. The standard InChI is InChI=1S/C14H9ClFN3O3/c1-22-8-4-2-7(3-5-8)11-10(16)12(15)19-13(18-11)9(6-17-19)14(20)21/h2-6H,1H3,(H,20,21). The van der Waals surface area contributed by atoms with Crippen LogP contribution >= 0.6 is 11.6 Å². The normalized spacial score (nSPS) is 10.9. The summed E-state index contributed by atoms with van der Waals surface area (Å²) in [6.07, 6.45) is 1.08. The minimum Gasteiger partial charge on any atom is -0.497 e. The molecule has 0 atom stereocenters. The van der Waals surface area contributed by atoms with E-state index in [4.69, 9.17) is 21.4 Å². The first-order valence-corrected chi connectivity index (χ1v) is 6.51. The zero-order valence-corrected chi connectivity index (χ0v) is 12.0. The highest BCUT2D eigenvalue weighted by Crippen LogP contribution is 2.29. The number of ether oxygens (including phenoxy) is 1. The zero-order valence-electron chi connectivity index (χ0n) is 11.2. The lowest BCUT2D eigenvalue weighted by atomic mass is 10.1. The van der Waals surface area contributed by atoms with Gasteiger partial charge in [0.05, 0.1) is 13.3 Å². The number of carboxylic acids is 1. The topological polar surface area (TPSA) is 76.7 Å². The number of methoxy groups -OCH3 is 1. The summed E-state index contributed by atoms with van der Waals surface area (Å²) in [5.41, 5.74) is 0.213. The van der Waals surface area contributed by atoms with Crippen molar-refractivity contribution >= 4 is 23.2 Å². The van der Waals surface area contributed by atoms with Crippen LogP contribution in [0.15, 0.2) is 30.5 Å². The van der Waals surface area contributed by atoms with Gasteiger partial charge in [0.1, 0.15) is 17.0 Å². The second-order valence-corrected chi connectivity index (χ2v) is 4.75. The molecule has 112 valence electrons. The summed E-state index contributed by atoms with van der Waals surface area (Å²) in [7, 11) is 1.52. The van der Waals surface area contributed by atoms with Gasteiger partial charge in [-0.15, -0.1) is 0 Å². The SMILES string of the molecule is COc1ccc(-c2nc3c(C(=O)O)cnn3c(Cl)c2F)cc1. The van der Waals surface area contributed by atoms with Crippen LogP contribution in [0.4, 0.5) is 4.39 Å². The number of hydrogen-bond donors (Lipinski definition) is 1. The van der Waals surface area contributed by atoms with Crippen LogP contribution in [0.2, 0.25) is 5.15 Å². The molecule has 0 aliphatic heterocycles. The van der Waals surface area contributed by atoms with Crippen molar-refractivity contribution in [2.24, 2.45) is 0 Å². The number of halogens is 2. The first-order chi connectivity index (χ1) is 10.5. The molecule has 0 saturated heterocycles. The highest BCUT2D eigenvalue weighted by molar-refractivity contribution is 6.30. The summed E-state index contributed by atoms with van der Waals surface area (Å²) in [6, 6.07) is 6.49. The lowest BCUT2D eigenvalue weighted by Gasteiger charge is -2.07. The van der Waals surface area contributed by atoms with E-state index >= 15 is 0 Å². The molecule has 22 heavy (non-hydrogen) atoms. The Balaban J connectivity index is 2.26. The van der Waals surface area contributed by atoms with E-state index in [1.807, 2.05) is 0 Å². The maximum atomic E-state index is 14.4. The molecule has 8 heteroatoms. The lowest BCUT2D eigenvalue weighted by molar-refractivity contribution is 0.0698. The summed E-state index contributed by atoms with van der Waals surface area (Å²) in [4.78, 5) is 15.2. The molecule has 0 radical (unpaired) electrons. The van der Waals surface area contributed by atoms with E-state index in [1.54, 1.807) is 24.3 Å². The van der Waals surface area contributed by atoms with Gasteiger partial charge >= 0.3 is 5.97 Å². The number of carboxylic acid groups (broad SMARTS) is 1. The number of fused-ring (bicyclic) bond motifs is 1. The summed E-state index contributed by atoms with van der Waals surface area (Å²) in [5, 5.41) is 12.5. The van der Waals surface area contributed by atoms with Gasteiger partial charge in [-0.25, -0.2) is 14.2 Å². The van der Waals surface area contributed by atoms with Gasteiger partial charge in [0, 0.05) is 5.56 Å². The smallest absolute Gasteiger partial charge is 0.341 e. The van der Waals surface area contributed by atoms with Crippen LogP contribution in [-0.4, -0.2) is 32.8 Å². The molecule has 0 fully saturated rings. The van der Waals surface area contributed by atoms with E-state index in [-0.39, 0.29) is 22.1 Å². The maximum Gasteiger partial charge on any atom is 0.341 e. The van der Waals surface area contributed by atoms with Gasteiger partial charge in [-0.05, 0) is 24.3 Å². The molecule has 3 aromatic rings. The zero-order chi connectivity index (χ0) is 15.9. The minimum atomic E-state index is -1.22. The van der Waals surface area contributed by atoms with E-state index < -0.39 is 11.8 Å². The van der Waals surface area contributed by atoms with Crippen molar-refractivity contribution < 1.29 is 19.0 Å². The van der Waals surface area contributed by atoms with Gasteiger partial charge in [0.2, 0.25) is 0 Å². The van der Waals surface area contributed by atoms with Crippen LogP contribution in [0.5, 0.6) is 5.75 Å². The Morgan fingerprint density at radius 2 is 2.05 bits per heavy atom. The van der Waals surface area contributed by atoms with Crippen LogP contribution in [0.3, 0.4) is 0 Å². The van der Waals surface area contributed by atoms with E-state index in [1.165, 1.54) is 7.11 Å². The number of rotatable bonds is 3. The number of hydrogen-bond acceptors (Lipinski definition) is 4. The molecule has 0 aliphatic carbocycles. The molecular weight excluding hydrogens is 313 g/mol. The second-order valence-electron chi connectivity index (χ2n) is 4.39. The number of benzene rings is 1. The summed E-state index contributed by atoms with van der Waals surface area (Å²) >= 11 is 5.93. The molecule has 0 unspecified atom stereocenters. The van der Waals surface area contributed by atoms with Crippen LogP contribution in [0.1, 0.15) is 10.4 Å². The predicted octanol–water partition coefficient (Wildman–Crippen LogP) is 2.90. The largest absolute Gasteiger partial charge is 0.497 e. The molecule has 1 N–H and O–H groups in total. The molecule has 0 amide bonds. The first kappa shape index (κ1) is 14.3. The summed E-state index contributed by atoms with van der Waals surface area (Å²) < 4.78 is 20.4. The van der Waals surface area contributed by atoms with Crippen LogP contribution < -0.4 is 4.74 Å². The lowest BCUT2D eigenvalue weighted by Crippen LogP contribution is -2.03. The third kappa shape index (κ3) is 2.15. The number of aromatic carboxylic acids is 1. The van der Waals surface area contributed by atoms with Crippen molar-refractivity contribution in [2.75, 3.05) is 7.11 Å². The van der Waals surface area contributed by atoms with Crippen molar-refractivity contribution in [2.45, 2.75) is 0 Å².